The maximum atomic E-state index is 15.0. The first-order chi connectivity index (χ1) is 15.0. The number of hydrogen-bond donors (Lipinski definition) is 2. The van der Waals surface area contributed by atoms with Crippen LogP contribution in [0.15, 0.2) is 72.9 Å². The lowest BCUT2D eigenvalue weighted by molar-refractivity contribution is -0.120. The average Bonchev–Trinajstić information content (AvgIpc) is 3.42. The topological polar surface area (TPSA) is 51.9 Å². The molecule has 3 aromatic carbocycles. The third-order valence-corrected chi connectivity index (χ3v) is 6.69. The summed E-state index contributed by atoms with van der Waals surface area (Å²) in [4.78, 5) is 22.4. The molecule has 2 aromatic heterocycles. The number of amides is 1. The van der Waals surface area contributed by atoms with Crippen LogP contribution in [0.3, 0.4) is 0 Å². The van der Waals surface area contributed by atoms with Crippen molar-refractivity contribution in [2.45, 2.75) is 12.3 Å². The molecule has 152 valence electrons. The Labute approximate surface area is 178 Å². The molecule has 5 aromatic rings. The van der Waals surface area contributed by atoms with Crippen molar-refractivity contribution in [2.75, 3.05) is 11.9 Å². The molecule has 1 aliphatic rings. The highest BCUT2D eigenvalue weighted by Gasteiger charge is 2.56. The Kier molecular flexibility index (Phi) is 3.52. The lowest BCUT2D eigenvalue weighted by atomic mass is 9.71. The number of H-pyrrole nitrogens is 2. The summed E-state index contributed by atoms with van der Waals surface area (Å²) < 4.78 is 15.0. The zero-order chi connectivity index (χ0) is 21.3. The SMILES string of the molecule is Cc1c([C@]2(c3c[nH]c4ccccc34)C(=O)N(C)c3c(F)cccc32)[nH]c2ccccc12. The minimum Gasteiger partial charge on any atom is -0.361 e. The summed E-state index contributed by atoms with van der Waals surface area (Å²) in [5.74, 6) is -0.573. The maximum Gasteiger partial charge on any atom is 0.248 e. The summed E-state index contributed by atoms with van der Waals surface area (Å²) in [5, 5.41) is 2.00. The van der Waals surface area contributed by atoms with E-state index in [1.165, 1.54) is 11.0 Å². The Morgan fingerprint density at radius 3 is 2.35 bits per heavy atom. The molecule has 31 heavy (non-hydrogen) atoms. The molecular formula is C26H20FN3O. The number of nitrogens with one attached hydrogen (secondary N) is 2. The molecule has 0 radical (unpaired) electrons. The monoisotopic (exact) mass is 409 g/mol. The minimum absolute atomic E-state index is 0.174. The van der Waals surface area contributed by atoms with Gasteiger partial charge in [0.1, 0.15) is 11.2 Å². The van der Waals surface area contributed by atoms with E-state index in [1.54, 1.807) is 13.1 Å². The zero-order valence-corrected chi connectivity index (χ0v) is 17.2. The fraction of sp³-hybridized carbons (Fsp3) is 0.115. The van der Waals surface area contributed by atoms with Crippen molar-refractivity contribution in [1.82, 2.24) is 9.97 Å². The van der Waals surface area contributed by atoms with Crippen LogP contribution in [0, 0.1) is 12.7 Å². The van der Waals surface area contributed by atoms with E-state index in [2.05, 4.69) is 9.97 Å². The number of aryl methyl sites for hydroxylation is 1. The number of fused-ring (bicyclic) bond motifs is 3. The fourth-order valence-corrected chi connectivity index (χ4v) is 5.30. The van der Waals surface area contributed by atoms with E-state index >= 15 is 4.39 Å². The molecule has 3 heterocycles. The van der Waals surface area contributed by atoms with Gasteiger partial charge in [-0.15, -0.1) is 0 Å². The highest BCUT2D eigenvalue weighted by atomic mass is 19.1. The van der Waals surface area contributed by atoms with E-state index in [1.807, 2.05) is 67.7 Å². The van der Waals surface area contributed by atoms with E-state index in [-0.39, 0.29) is 5.91 Å². The molecule has 2 N–H and O–H groups in total. The largest absolute Gasteiger partial charge is 0.361 e. The zero-order valence-electron chi connectivity index (χ0n) is 17.2. The van der Waals surface area contributed by atoms with Crippen molar-refractivity contribution in [3.63, 3.8) is 0 Å². The van der Waals surface area contributed by atoms with Gasteiger partial charge in [-0.05, 0) is 30.7 Å². The molecule has 1 amide bonds. The molecule has 0 fully saturated rings. The van der Waals surface area contributed by atoms with Crippen LogP contribution in [-0.4, -0.2) is 22.9 Å². The Morgan fingerprint density at radius 1 is 0.871 bits per heavy atom. The van der Waals surface area contributed by atoms with Crippen LogP contribution in [0.1, 0.15) is 22.4 Å². The first-order valence-corrected chi connectivity index (χ1v) is 10.3. The quantitative estimate of drug-likeness (QED) is 0.403. The summed E-state index contributed by atoms with van der Waals surface area (Å²) in [7, 11) is 1.65. The predicted octanol–water partition coefficient (Wildman–Crippen LogP) is 5.41. The molecule has 0 unspecified atom stereocenters. The van der Waals surface area contributed by atoms with Crippen molar-refractivity contribution >= 4 is 33.4 Å². The van der Waals surface area contributed by atoms with Gasteiger partial charge in [-0.25, -0.2) is 4.39 Å². The van der Waals surface area contributed by atoms with Crippen LogP contribution >= 0.6 is 0 Å². The van der Waals surface area contributed by atoms with Gasteiger partial charge in [0.15, 0.2) is 0 Å². The van der Waals surface area contributed by atoms with Gasteiger partial charge in [0.2, 0.25) is 5.91 Å². The average molecular weight is 409 g/mol. The molecule has 5 heteroatoms. The lowest BCUT2D eigenvalue weighted by Crippen LogP contribution is -2.41. The Hall–Kier alpha value is -3.86. The number of rotatable bonds is 2. The third-order valence-electron chi connectivity index (χ3n) is 6.69. The molecule has 0 spiro atoms. The molecule has 0 bridgehead atoms. The number of carbonyl (C=O) groups is 1. The van der Waals surface area contributed by atoms with Crippen LogP contribution < -0.4 is 4.90 Å². The van der Waals surface area contributed by atoms with E-state index in [4.69, 9.17) is 0 Å². The summed E-state index contributed by atoms with van der Waals surface area (Å²) >= 11 is 0. The molecule has 4 nitrogen and oxygen atoms in total. The number of aromatic nitrogens is 2. The normalized spacial score (nSPS) is 18.3. The van der Waals surface area contributed by atoms with Gasteiger partial charge in [0, 0.05) is 51.9 Å². The highest BCUT2D eigenvalue weighted by molar-refractivity contribution is 6.15. The van der Waals surface area contributed by atoms with Crippen molar-refractivity contribution in [2.24, 2.45) is 0 Å². The van der Waals surface area contributed by atoms with Crippen molar-refractivity contribution in [1.29, 1.82) is 0 Å². The second kappa shape index (κ2) is 6.08. The van der Waals surface area contributed by atoms with E-state index in [0.29, 0.717) is 11.3 Å². The van der Waals surface area contributed by atoms with E-state index in [0.717, 1.165) is 38.6 Å². The van der Waals surface area contributed by atoms with Gasteiger partial charge in [0.25, 0.3) is 0 Å². The number of likely N-dealkylation sites (N-methyl/N-ethyl adjacent to an activating group) is 1. The summed E-state index contributed by atoms with van der Waals surface area (Å²) in [6, 6.07) is 20.9. The van der Waals surface area contributed by atoms with Crippen molar-refractivity contribution in [3.8, 4) is 0 Å². The Balaban J connectivity index is 1.82. The number of aromatic amines is 2. The molecule has 0 saturated carbocycles. The van der Waals surface area contributed by atoms with E-state index in [9.17, 15) is 4.79 Å². The van der Waals surface area contributed by atoms with Crippen LogP contribution in [0.25, 0.3) is 21.8 Å². The summed E-state index contributed by atoms with van der Waals surface area (Å²) in [6.45, 7) is 2.02. The number of carbonyl (C=O) groups excluding carboxylic acids is 1. The van der Waals surface area contributed by atoms with Gasteiger partial charge in [-0.3, -0.25) is 4.79 Å². The molecule has 1 atom stereocenters. The lowest BCUT2D eigenvalue weighted by Gasteiger charge is -2.28. The van der Waals surface area contributed by atoms with Crippen molar-refractivity contribution in [3.05, 3.63) is 101 Å². The molecule has 0 aliphatic carbocycles. The van der Waals surface area contributed by atoms with Gasteiger partial charge in [-0.2, -0.15) is 0 Å². The Bertz CT molecular complexity index is 1510. The number of nitrogens with zero attached hydrogens (tertiary/aromatic N) is 1. The standard InChI is InChI=1S/C26H20FN3O/c1-15-16-8-3-6-13-22(16)29-24(15)26(19-14-28-21-12-5-4-9-17(19)21)18-10-7-11-20(27)23(18)30(2)25(26)31/h3-14,28-29H,1-2H3/t26-/m0/s1. The maximum absolute atomic E-state index is 15.0. The first kappa shape index (κ1) is 18.0. The van der Waals surface area contributed by atoms with Gasteiger partial charge in [0.05, 0.1) is 5.69 Å². The molecular weight excluding hydrogens is 389 g/mol. The number of benzene rings is 3. The molecule has 1 aliphatic heterocycles. The van der Waals surface area contributed by atoms with Crippen LogP contribution in [0.5, 0.6) is 0 Å². The van der Waals surface area contributed by atoms with Crippen LogP contribution in [0.4, 0.5) is 10.1 Å². The predicted molar refractivity (Wildman–Crippen MR) is 121 cm³/mol. The fourth-order valence-electron chi connectivity index (χ4n) is 5.30. The Morgan fingerprint density at radius 2 is 1.58 bits per heavy atom. The second-order valence-corrected chi connectivity index (χ2v) is 8.17. The van der Waals surface area contributed by atoms with Crippen LogP contribution in [-0.2, 0) is 10.2 Å². The number of hydrogen-bond acceptors (Lipinski definition) is 1. The first-order valence-electron chi connectivity index (χ1n) is 10.3. The summed E-state index contributed by atoms with van der Waals surface area (Å²) in [6.07, 6.45) is 1.89. The van der Waals surface area contributed by atoms with Gasteiger partial charge < -0.3 is 14.9 Å². The van der Waals surface area contributed by atoms with Crippen molar-refractivity contribution < 1.29 is 9.18 Å². The third kappa shape index (κ3) is 2.10. The molecule has 6 rings (SSSR count). The van der Waals surface area contributed by atoms with Gasteiger partial charge >= 0.3 is 0 Å². The smallest absolute Gasteiger partial charge is 0.248 e. The second-order valence-electron chi connectivity index (χ2n) is 8.17. The minimum atomic E-state index is -1.19. The van der Waals surface area contributed by atoms with Crippen LogP contribution in [0.2, 0.25) is 0 Å². The summed E-state index contributed by atoms with van der Waals surface area (Å²) in [5.41, 5.74) is 4.27. The highest BCUT2D eigenvalue weighted by Crippen LogP contribution is 2.53. The van der Waals surface area contributed by atoms with Gasteiger partial charge in [-0.1, -0.05) is 48.5 Å². The number of anilines is 1. The number of para-hydroxylation sites is 3. The van der Waals surface area contributed by atoms with E-state index < -0.39 is 11.2 Å². The molecule has 0 saturated heterocycles. The number of halogens is 1.